The SMILES string of the molecule is C[C@H](C(=O)NCCOc1ccc(S(=O)(=O)N2CCCC2)cc1)N(c1ccc(F)cc1)S(C)(=O)=O. The Labute approximate surface area is 199 Å². The number of sulfonamides is 2. The van der Waals surface area contributed by atoms with Crippen LogP contribution >= 0.6 is 0 Å². The first kappa shape index (κ1) is 25.9. The molecule has 1 N–H and O–H groups in total. The van der Waals surface area contributed by atoms with Gasteiger partial charge in [0.1, 0.15) is 24.2 Å². The van der Waals surface area contributed by atoms with Gasteiger partial charge in [0, 0.05) is 13.1 Å². The van der Waals surface area contributed by atoms with Crippen molar-refractivity contribution in [3.63, 3.8) is 0 Å². The number of nitrogens with one attached hydrogen (secondary N) is 1. The van der Waals surface area contributed by atoms with Crippen LogP contribution in [0.5, 0.6) is 5.75 Å². The van der Waals surface area contributed by atoms with Gasteiger partial charge >= 0.3 is 0 Å². The second kappa shape index (κ2) is 10.7. The first-order valence-electron chi connectivity index (χ1n) is 10.8. The van der Waals surface area contributed by atoms with Crippen LogP contribution < -0.4 is 14.4 Å². The summed E-state index contributed by atoms with van der Waals surface area (Å²) >= 11 is 0. The Morgan fingerprint density at radius 1 is 1.06 bits per heavy atom. The number of nitrogens with zero attached hydrogens (tertiary/aromatic N) is 2. The number of anilines is 1. The van der Waals surface area contributed by atoms with E-state index in [-0.39, 0.29) is 23.7 Å². The molecule has 1 aliphatic heterocycles. The molecule has 186 valence electrons. The van der Waals surface area contributed by atoms with E-state index in [2.05, 4.69) is 5.32 Å². The standard InChI is InChI=1S/C22H28FN3O6S2/c1-17(26(33(2,28)29)19-7-5-18(23)6-8-19)22(27)24-13-16-32-20-9-11-21(12-10-20)34(30,31)25-14-3-4-15-25/h5-12,17H,3-4,13-16H2,1-2H3,(H,24,27)/t17-/m1/s1. The second-order valence-electron chi connectivity index (χ2n) is 7.93. The zero-order valence-corrected chi connectivity index (χ0v) is 20.6. The highest BCUT2D eigenvalue weighted by Gasteiger charge is 2.29. The lowest BCUT2D eigenvalue weighted by atomic mass is 10.2. The Kier molecular flexibility index (Phi) is 8.16. The van der Waals surface area contributed by atoms with Gasteiger partial charge in [-0.1, -0.05) is 0 Å². The Balaban J connectivity index is 1.53. The molecule has 1 fully saturated rings. The lowest BCUT2D eigenvalue weighted by molar-refractivity contribution is -0.121. The number of carbonyl (C=O) groups is 1. The molecule has 0 aliphatic carbocycles. The van der Waals surface area contributed by atoms with Crippen molar-refractivity contribution in [1.82, 2.24) is 9.62 Å². The molecular formula is C22H28FN3O6S2. The molecule has 0 saturated carbocycles. The van der Waals surface area contributed by atoms with E-state index >= 15 is 0 Å². The van der Waals surface area contributed by atoms with Gasteiger partial charge in [-0.2, -0.15) is 4.31 Å². The van der Waals surface area contributed by atoms with Gasteiger partial charge in [-0.05, 0) is 68.3 Å². The topological polar surface area (TPSA) is 113 Å². The Morgan fingerprint density at radius 3 is 2.21 bits per heavy atom. The van der Waals surface area contributed by atoms with Gasteiger partial charge in [-0.15, -0.1) is 0 Å². The predicted octanol–water partition coefficient (Wildman–Crippen LogP) is 1.96. The van der Waals surface area contributed by atoms with Gasteiger partial charge in [0.05, 0.1) is 23.4 Å². The molecule has 0 spiro atoms. The van der Waals surface area contributed by atoms with Crippen molar-refractivity contribution in [1.29, 1.82) is 0 Å². The second-order valence-corrected chi connectivity index (χ2v) is 11.7. The van der Waals surface area contributed by atoms with Crippen molar-refractivity contribution in [3.05, 3.63) is 54.3 Å². The van der Waals surface area contributed by atoms with E-state index in [1.165, 1.54) is 35.5 Å². The molecule has 1 aliphatic rings. The van der Waals surface area contributed by atoms with Gasteiger partial charge < -0.3 is 10.1 Å². The van der Waals surface area contributed by atoms with Crippen molar-refractivity contribution >= 4 is 31.6 Å². The average molecular weight is 514 g/mol. The fourth-order valence-corrected chi connectivity index (χ4v) is 6.36. The van der Waals surface area contributed by atoms with E-state index in [0.717, 1.165) is 35.5 Å². The molecule has 2 aromatic carbocycles. The van der Waals surface area contributed by atoms with Crippen LogP contribution in [0.3, 0.4) is 0 Å². The summed E-state index contributed by atoms with van der Waals surface area (Å²) < 4.78 is 70.8. The molecule has 0 aromatic heterocycles. The summed E-state index contributed by atoms with van der Waals surface area (Å²) in [7, 11) is -7.31. The Hall–Kier alpha value is -2.70. The van der Waals surface area contributed by atoms with Crippen LogP contribution in [0.2, 0.25) is 0 Å². The largest absolute Gasteiger partial charge is 0.492 e. The van der Waals surface area contributed by atoms with Crippen LogP contribution in [0.1, 0.15) is 19.8 Å². The number of hydrogen-bond donors (Lipinski definition) is 1. The molecule has 1 saturated heterocycles. The van der Waals surface area contributed by atoms with E-state index < -0.39 is 37.8 Å². The Morgan fingerprint density at radius 2 is 1.65 bits per heavy atom. The number of amides is 1. The quantitative estimate of drug-likeness (QED) is 0.486. The molecule has 9 nitrogen and oxygen atoms in total. The molecule has 1 amide bonds. The molecule has 34 heavy (non-hydrogen) atoms. The minimum absolute atomic E-state index is 0.0894. The minimum Gasteiger partial charge on any atom is -0.492 e. The van der Waals surface area contributed by atoms with E-state index in [4.69, 9.17) is 4.74 Å². The van der Waals surface area contributed by atoms with Crippen LogP contribution in [0.4, 0.5) is 10.1 Å². The zero-order valence-electron chi connectivity index (χ0n) is 19.0. The lowest BCUT2D eigenvalue weighted by Crippen LogP contribution is -2.48. The zero-order chi connectivity index (χ0) is 24.9. The van der Waals surface area contributed by atoms with E-state index in [1.807, 2.05) is 0 Å². The number of ether oxygens (including phenoxy) is 1. The third kappa shape index (κ3) is 6.24. The maximum Gasteiger partial charge on any atom is 0.243 e. The summed E-state index contributed by atoms with van der Waals surface area (Å²) in [6, 6.07) is 9.80. The fraction of sp³-hybridized carbons (Fsp3) is 0.409. The van der Waals surface area contributed by atoms with Crippen LogP contribution in [0.15, 0.2) is 53.4 Å². The first-order valence-corrected chi connectivity index (χ1v) is 14.0. The predicted molar refractivity (Wildman–Crippen MR) is 126 cm³/mol. The van der Waals surface area contributed by atoms with Gasteiger partial charge in [-0.25, -0.2) is 21.2 Å². The van der Waals surface area contributed by atoms with Crippen molar-refractivity contribution in [3.8, 4) is 5.75 Å². The van der Waals surface area contributed by atoms with Gasteiger partial charge in [-0.3, -0.25) is 9.10 Å². The van der Waals surface area contributed by atoms with Crippen LogP contribution in [-0.2, 0) is 24.8 Å². The van der Waals surface area contributed by atoms with E-state index in [1.54, 1.807) is 12.1 Å². The van der Waals surface area contributed by atoms with E-state index in [9.17, 15) is 26.0 Å². The number of carbonyl (C=O) groups excluding carboxylic acids is 1. The number of rotatable bonds is 10. The third-order valence-electron chi connectivity index (χ3n) is 5.37. The van der Waals surface area contributed by atoms with E-state index in [0.29, 0.717) is 18.8 Å². The normalized spacial score (nSPS) is 15.6. The first-order chi connectivity index (χ1) is 16.0. The summed E-state index contributed by atoms with van der Waals surface area (Å²) in [6.07, 6.45) is 2.68. The van der Waals surface area contributed by atoms with Gasteiger partial charge in [0.15, 0.2) is 0 Å². The number of benzene rings is 2. The number of halogens is 1. The van der Waals surface area contributed by atoms with Crippen molar-refractivity contribution in [2.45, 2.75) is 30.7 Å². The summed E-state index contributed by atoms with van der Waals surface area (Å²) in [4.78, 5) is 12.7. The summed E-state index contributed by atoms with van der Waals surface area (Å²) in [5, 5.41) is 2.61. The fourth-order valence-electron chi connectivity index (χ4n) is 3.67. The monoisotopic (exact) mass is 513 g/mol. The third-order valence-corrected chi connectivity index (χ3v) is 8.52. The molecule has 0 unspecified atom stereocenters. The molecular weight excluding hydrogens is 485 g/mol. The molecule has 0 radical (unpaired) electrons. The minimum atomic E-state index is -3.80. The molecule has 12 heteroatoms. The summed E-state index contributed by atoms with van der Waals surface area (Å²) in [6.45, 7) is 2.66. The maximum atomic E-state index is 13.2. The highest BCUT2D eigenvalue weighted by atomic mass is 32.2. The van der Waals surface area contributed by atoms with Gasteiger partial charge in [0.2, 0.25) is 26.0 Å². The van der Waals surface area contributed by atoms with Crippen LogP contribution in [-0.4, -0.2) is 65.6 Å². The molecule has 1 heterocycles. The lowest BCUT2D eigenvalue weighted by Gasteiger charge is -2.28. The summed E-state index contributed by atoms with van der Waals surface area (Å²) in [5.74, 6) is -0.634. The average Bonchev–Trinajstić information content (AvgIpc) is 3.33. The smallest absolute Gasteiger partial charge is 0.243 e. The van der Waals surface area contributed by atoms with Crippen molar-refractivity contribution in [2.24, 2.45) is 0 Å². The van der Waals surface area contributed by atoms with Crippen LogP contribution in [0, 0.1) is 5.82 Å². The van der Waals surface area contributed by atoms with Crippen molar-refractivity contribution < 1.29 is 30.8 Å². The Bertz CT molecular complexity index is 1200. The maximum absolute atomic E-state index is 13.2. The molecule has 3 rings (SSSR count). The van der Waals surface area contributed by atoms with Crippen LogP contribution in [0.25, 0.3) is 0 Å². The molecule has 2 aromatic rings. The van der Waals surface area contributed by atoms with Crippen molar-refractivity contribution in [2.75, 3.05) is 36.8 Å². The highest BCUT2D eigenvalue weighted by Crippen LogP contribution is 2.23. The van der Waals surface area contributed by atoms with Gasteiger partial charge in [0.25, 0.3) is 0 Å². The highest BCUT2D eigenvalue weighted by molar-refractivity contribution is 7.92. The molecule has 1 atom stereocenters. The summed E-state index contributed by atoms with van der Waals surface area (Å²) in [5.41, 5.74) is 0.173. The molecule has 0 bridgehead atoms. The number of hydrogen-bond acceptors (Lipinski definition) is 6.